The molecule has 114 valence electrons. The second-order valence-electron chi connectivity index (χ2n) is 4.68. The molecule has 0 bridgehead atoms. The summed E-state index contributed by atoms with van der Waals surface area (Å²) in [5, 5.41) is 3.33. The van der Waals surface area contributed by atoms with Crippen molar-refractivity contribution in [1.29, 1.82) is 0 Å². The summed E-state index contributed by atoms with van der Waals surface area (Å²) in [5.41, 5.74) is 6.89. The first-order chi connectivity index (χ1) is 9.44. The molecular formula is C13H23N3O3S. The predicted molar refractivity (Wildman–Crippen MR) is 82.5 cm³/mol. The van der Waals surface area contributed by atoms with Gasteiger partial charge in [0, 0.05) is 18.8 Å². The number of ether oxygens (including phenoxy) is 1. The minimum Gasteiger partial charge on any atom is -0.383 e. The van der Waals surface area contributed by atoms with Crippen LogP contribution < -0.4 is 15.8 Å². The van der Waals surface area contributed by atoms with Crippen molar-refractivity contribution in [1.82, 2.24) is 0 Å². The van der Waals surface area contributed by atoms with E-state index in [4.69, 9.17) is 10.5 Å². The van der Waals surface area contributed by atoms with Crippen molar-refractivity contribution >= 4 is 21.4 Å². The van der Waals surface area contributed by atoms with Crippen LogP contribution in [0.1, 0.15) is 12.8 Å². The van der Waals surface area contributed by atoms with Gasteiger partial charge in [-0.15, -0.1) is 0 Å². The maximum absolute atomic E-state index is 11.2. The van der Waals surface area contributed by atoms with Gasteiger partial charge in [-0.05, 0) is 37.6 Å². The number of benzene rings is 1. The molecule has 6 nitrogen and oxygen atoms in total. The van der Waals surface area contributed by atoms with Crippen LogP contribution in [-0.2, 0) is 14.8 Å². The van der Waals surface area contributed by atoms with Gasteiger partial charge in [0.2, 0.25) is 10.0 Å². The zero-order valence-corrected chi connectivity index (χ0v) is 12.7. The minimum absolute atomic E-state index is 0.150. The van der Waals surface area contributed by atoms with Gasteiger partial charge in [-0.3, -0.25) is 4.72 Å². The Balaban J connectivity index is 2.72. The monoisotopic (exact) mass is 301 g/mol. The van der Waals surface area contributed by atoms with E-state index >= 15 is 0 Å². The number of methoxy groups -OCH3 is 1. The topological polar surface area (TPSA) is 93.4 Å². The summed E-state index contributed by atoms with van der Waals surface area (Å²) in [6.45, 7) is 1.21. The first kappa shape index (κ1) is 16.7. The molecule has 4 N–H and O–H groups in total. The fourth-order valence-electron chi connectivity index (χ4n) is 1.88. The van der Waals surface area contributed by atoms with E-state index in [1.54, 1.807) is 25.3 Å². The maximum Gasteiger partial charge on any atom is 0.229 e. The van der Waals surface area contributed by atoms with E-state index in [2.05, 4.69) is 10.0 Å². The molecule has 20 heavy (non-hydrogen) atoms. The van der Waals surface area contributed by atoms with Crippen molar-refractivity contribution < 1.29 is 13.2 Å². The van der Waals surface area contributed by atoms with Crippen LogP contribution in [0.3, 0.4) is 0 Å². The SMILES string of the molecule is COCC(CCCN)Nc1cccc(NS(C)(=O)=O)c1. The van der Waals surface area contributed by atoms with Gasteiger partial charge >= 0.3 is 0 Å². The van der Waals surface area contributed by atoms with Crippen molar-refractivity contribution in [2.45, 2.75) is 18.9 Å². The van der Waals surface area contributed by atoms with Crippen molar-refractivity contribution in [3.05, 3.63) is 24.3 Å². The second kappa shape index (κ2) is 8.08. The van der Waals surface area contributed by atoms with Crippen molar-refractivity contribution in [3.63, 3.8) is 0 Å². The Morgan fingerprint density at radius 1 is 1.35 bits per heavy atom. The molecule has 0 heterocycles. The Bertz CT molecular complexity index is 505. The van der Waals surface area contributed by atoms with Gasteiger partial charge in [-0.1, -0.05) is 6.07 Å². The van der Waals surface area contributed by atoms with E-state index in [-0.39, 0.29) is 6.04 Å². The summed E-state index contributed by atoms with van der Waals surface area (Å²) >= 11 is 0. The lowest BCUT2D eigenvalue weighted by atomic mass is 10.1. The highest BCUT2D eigenvalue weighted by Gasteiger charge is 2.09. The fraction of sp³-hybridized carbons (Fsp3) is 0.538. The quantitative estimate of drug-likeness (QED) is 0.638. The van der Waals surface area contributed by atoms with Crippen LogP contribution in [0.5, 0.6) is 0 Å². The van der Waals surface area contributed by atoms with Gasteiger partial charge in [-0.25, -0.2) is 8.42 Å². The number of sulfonamides is 1. The maximum atomic E-state index is 11.2. The summed E-state index contributed by atoms with van der Waals surface area (Å²) in [5.74, 6) is 0. The lowest BCUT2D eigenvalue weighted by molar-refractivity contribution is 0.182. The van der Waals surface area contributed by atoms with E-state index in [1.165, 1.54) is 0 Å². The largest absolute Gasteiger partial charge is 0.383 e. The number of nitrogens with two attached hydrogens (primary N) is 1. The Labute approximate surface area is 120 Å². The summed E-state index contributed by atoms with van der Waals surface area (Å²) in [6, 6.07) is 7.29. The number of hydrogen-bond acceptors (Lipinski definition) is 5. The normalized spacial score (nSPS) is 12.9. The molecule has 1 aromatic carbocycles. The van der Waals surface area contributed by atoms with Gasteiger partial charge in [0.15, 0.2) is 0 Å². The molecule has 0 aliphatic carbocycles. The molecule has 1 atom stereocenters. The van der Waals surface area contributed by atoms with Gasteiger partial charge in [0.05, 0.1) is 18.6 Å². The molecule has 7 heteroatoms. The lowest BCUT2D eigenvalue weighted by Crippen LogP contribution is -2.25. The predicted octanol–water partition coefficient (Wildman–Crippen LogP) is 1.22. The molecule has 1 aromatic rings. The van der Waals surface area contributed by atoms with Crippen LogP contribution in [0.4, 0.5) is 11.4 Å². The Morgan fingerprint density at radius 2 is 2.05 bits per heavy atom. The zero-order chi connectivity index (χ0) is 15.0. The Hall–Kier alpha value is -1.31. The molecule has 0 aliphatic heterocycles. The van der Waals surface area contributed by atoms with Crippen molar-refractivity contribution in [3.8, 4) is 0 Å². The van der Waals surface area contributed by atoms with Crippen LogP contribution >= 0.6 is 0 Å². The molecule has 0 aromatic heterocycles. The average Bonchev–Trinajstić information content (AvgIpc) is 2.34. The highest BCUT2D eigenvalue weighted by Crippen LogP contribution is 2.18. The summed E-state index contributed by atoms with van der Waals surface area (Å²) < 4.78 is 30.0. The van der Waals surface area contributed by atoms with E-state index in [9.17, 15) is 8.42 Å². The molecule has 0 saturated heterocycles. The summed E-state index contributed by atoms with van der Waals surface area (Å²) in [7, 11) is -1.61. The molecule has 0 spiro atoms. The highest BCUT2D eigenvalue weighted by atomic mass is 32.2. The van der Waals surface area contributed by atoms with Crippen LogP contribution in [0.15, 0.2) is 24.3 Å². The first-order valence-electron chi connectivity index (χ1n) is 6.48. The molecule has 0 amide bonds. The molecule has 1 unspecified atom stereocenters. The highest BCUT2D eigenvalue weighted by molar-refractivity contribution is 7.92. The third-order valence-electron chi connectivity index (χ3n) is 2.66. The molecule has 0 aliphatic rings. The van der Waals surface area contributed by atoms with Gasteiger partial charge in [0.25, 0.3) is 0 Å². The van der Waals surface area contributed by atoms with E-state index in [0.717, 1.165) is 24.8 Å². The van der Waals surface area contributed by atoms with Crippen LogP contribution in [0.25, 0.3) is 0 Å². The molecule has 1 rings (SSSR count). The van der Waals surface area contributed by atoms with E-state index in [0.29, 0.717) is 18.8 Å². The number of rotatable bonds is 9. The fourth-order valence-corrected chi connectivity index (χ4v) is 2.44. The third-order valence-corrected chi connectivity index (χ3v) is 3.27. The minimum atomic E-state index is -3.27. The smallest absolute Gasteiger partial charge is 0.229 e. The molecule has 0 fully saturated rings. The lowest BCUT2D eigenvalue weighted by Gasteiger charge is -2.19. The van der Waals surface area contributed by atoms with Gasteiger partial charge in [0.1, 0.15) is 0 Å². The Kier molecular flexibility index (Phi) is 6.77. The zero-order valence-electron chi connectivity index (χ0n) is 11.9. The Morgan fingerprint density at radius 3 is 2.65 bits per heavy atom. The molecule has 0 saturated carbocycles. The number of anilines is 2. The van der Waals surface area contributed by atoms with Crippen molar-refractivity contribution in [2.24, 2.45) is 5.73 Å². The summed E-state index contributed by atoms with van der Waals surface area (Å²) in [4.78, 5) is 0. The molecule has 0 radical (unpaired) electrons. The van der Waals surface area contributed by atoms with Crippen LogP contribution in [0.2, 0.25) is 0 Å². The standard InChI is InChI=1S/C13H23N3O3S/c1-19-10-13(7-4-8-14)15-11-5-3-6-12(9-11)16-20(2,17)18/h3,5-6,9,13,15-16H,4,7-8,10,14H2,1-2H3. The van der Waals surface area contributed by atoms with Crippen LogP contribution in [0, 0.1) is 0 Å². The van der Waals surface area contributed by atoms with Crippen LogP contribution in [-0.4, -0.2) is 41.0 Å². The first-order valence-corrected chi connectivity index (χ1v) is 8.37. The number of hydrogen-bond donors (Lipinski definition) is 3. The third kappa shape index (κ3) is 6.74. The van der Waals surface area contributed by atoms with E-state index < -0.39 is 10.0 Å². The van der Waals surface area contributed by atoms with Gasteiger partial charge < -0.3 is 15.8 Å². The van der Waals surface area contributed by atoms with Gasteiger partial charge in [-0.2, -0.15) is 0 Å². The number of nitrogens with one attached hydrogen (secondary N) is 2. The summed E-state index contributed by atoms with van der Waals surface area (Å²) in [6.07, 6.45) is 2.93. The second-order valence-corrected chi connectivity index (χ2v) is 6.43. The van der Waals surface area contributed by atoms with E-state index in [1.807, 2.05) is 6.07 Å². The van der Waals surface area contributed by atoms with Crippen molar-refractivity contribution in [2.75, 3.05) is 36.6 Å². The molecular weight excluding hydrogens is 278 g/mol. The average molecular weight is 301 g/mol.